The SMILES string of the molecule is CC[C@H]1O[C@@H](n2ccc(=O)n(C)c2=O)CC1OP(C)OCCC#N. The minimum atomic E-state index is -1.12. The molecule has 0 bridgehead atoms. The Balaban J connectivity index is 2.07. The second-order valence-electron chi connectivity index (χ2n) is 5.50. The van der Waals surface area contributed by atoms with E-state index in [1.807, 2.05) is 19.7 Å². The summed E-state index contributed by atoms with van der Waals surface area (Å²) in [7, 11) is 0.324. The van der Waals surface area contributed by atoms with Crippen LogP contribution in [0.25, 0.3) is 0 Å². The third-order valence-corrected chi connectivity index (χ3v) is 4.99. The predicted octanol–water partition coefficient (Wildman–Crippen LogP) is 1.50. The van der Waals surface area contributed by atoms with Crippen LogP contribution in [0, 0.1) is 11.3 Å². The van der Waals surface area contributed by atoms with E-state index in [4.69, 9.17) is 19.0 Å². The maximum absolute atomic E-state index is 12.2. The number of nitrogens with zero attached hydrogens (tertiary/aromatic N) is 3. The Morgan fingerprint density at radius 3 is 2.92 bits per heavy atom. The molecule has 2 rings (SSSR count). The molecule has 132 valence electrons. The van der Waals surface area contributed by atoms with Crippen LogP contribution < -0.4 is 11.2 Å². The number of nitriles is 1. The van der Waals surface area contributed by atoms with Gasteiger partial charge in [-0.15, -0.1) is 0 Å². The van der Waals surface area contributed by atoms with Crippen LogP contribution in [0.2, 0.25) is 0 Å². The first kappa shape index (κ1) is 18.8. The van der Waals surface area contributed by atoms with E-state index in [0.717, 1.165) is 11.0 Å². The van der Waals surface area contributed by atoms with Crippen LogP contribution in [-0.4, -0.2) is 34.6 Å². The van der Waals surface area contributed by atoms with Crippen LogP contribution >= 0.6 is 8.38 Å². The summed E-state index contributed by atoms with van der Waals surface area (Å²) in [5.74, 6) is 0. The van der Waals surface area contributed by atoms with Crippen LogP contribution in [0.4, 0.5) is 0 Å². The molecule has 8 nitrogen and oxygen atoms in total. The molecule has 0 aromatic carbocycles. The molecular weight excluding hydrogens is 333 g/mol. The largest absolute Gasteiger partial charge is 0.352 e. The van der Waals surface area contributed by atoms with Crippen molar-refractivity contribution in [2.75, 3.05) is 13.3 Å². The van der Waals surface area contributed by atoms with Crippen molar-refractivity contribution < 1.29 is 13.8 Å². The van der Waals surface area contributed by atoms with Gasteiger partial charge in [0.15, 0.2) is 8.38 Å². The first-order valence-electron chi connectivity index (χ1n) is 7.82. The Hall–Kier alpha value is -1.52. The first-order valence-corrected chi connectivity index (χ1v) is 9.44. The second-order valence-corrected chi connectivity index (χ2v) is 6.85. The van der Waals surface area contributed by atoms with Gasteiger partial charge in [-0.05, 0) is 6.42 Å². The number of hydrogen-bond donors (Lipinski definition) is 0. The standard InChI is InChI=1S/C15H22N3O5P/c1-4-11-12(23-24(3)21-9-5-7-16)10-14(22-11)18-8-6-13(19)17(2)15(18)20/h6,8,11-12,14H,4-5,9-10H2,1-3H3/t11-,12?,14-,24?/m1/s1. The molecule has 1 aromatic rings. The normalized spacial score (nSPS) is 24.7. The van der Waals surface area contributed by atoms with E-state index >= 15 is 0 Å². The predicted molar refractivity (Wildman–Crippen MR) is 88.7 cm³/mol. The molecule has 1 fully saturated rings. The van der Waals surface area contributed by atoms with Crippen LogP contribution in [0.5, 0.6) is 0 Å². The molecule has 24 heavy (non-hydrogen) atoms. The Kier molecular flexibility index (Phi) is 6.69. The van der Waals surface area contributed by atoms with Crippen molar-refractivity contribution in [2.45, 2.75) is 44.6 Å². The van der Waals surface area contributed by atoms with Crippen molar-refractivity contribution in [1.82, 2.24) is 9.13 Å². The number of aromatic nitrogens is 2. The van der Waals surface area contributed by atoms with Gasteiger partial charge >= 0.3 is 5.69 Å². The fourth-order valence-corrected chi connectivity index (χ4v) is 3.60. The Morgan fingerprint density at radius 1 is 1.50 bits per heavy atom. The number of hydrogen-bond acceptors (Lipinski definition) is 6. The molecule has 0 radical (unpaired) electrons. The fourth-order valence-electron chi connectivity index (χ4n) is 2.59. The van der Waals surface area contributed by atoms with Gasteiger partial charge in [0.05, 0.1) is 31.3 Å². The summed E-state index contributed by atoms with van der Waals surface area (Å²) in [6, 6.07) is 3.37. The first-order chi connectivity index (χ1) is 11.5. The van der Waals surface area contributed by atoms with E-state index in [1.165, 1.54) is 23.9 Å². The summed E-state index contributed by atoms with van der Waals surface area (Å²) in [6.45, 7) is 4.17. The lowest BCUT2D eigenvalue weighted by Gasteiger charge is -2.20. The molecule has 2 heterocycles. The van der Waals surface area contributed by atoms with E-state index in [-0.39, 0.29) is 17.8 Å². The van der Waals surface area contributed by atoms with E-state index in [2.05, 4.69) is 0 Å². The van der Waals surface area contributed by atoms with Gasteiger partial charge in [0.2, 0.25) is 0 Å². The van der Waals surface area contributed by atoms with Crippen molar-refractivity contribution in [3.63, 3.8) is 0 Å². The zero-order valence-corrected chi connectivity index (χ0v) is 14.9. The molecule has 1 saturated heterocycles. The molecular formula is C15H22N3O5P. The highest BCUT2D eigenvalue weighted by atomic mass is 31.2. The van der Waals surface area contributed by atoms with Crippen LogP contribution in [0.3, 0.4) is 0 Å². The molecule has 2 unspecified atom stereocenters. The molecule has 4 atom stereocenters. The highest BCUT2D eigenvalue weighted by Crippen LogP contribution is 2.42. The lowest BCUT2D eigenvalue weighted by molar-refractivity contribution is -0.0186. The third-order valence-electron chi connectivity index (χ3n) is 3.88. The second kappa shape index (κ2) is 8.54. The molecule has 0 amide bonds. The lowest BCUT2D eigenvalue weighted by Crippen LogP contribution is -2.38. The minimum Gasteiger partial charge on any atom is -0.352 e. The zero-order chi connectivity index (χ0) is 17.7. The smallest absolute Gasteiger partial charge is 0.332 e. The molecule has 0 saturated carbocycles. The molecule has 0 aliphatic carbocycles. The van der Waals surface area contributed by atoms with Gasteiger partial charge in [-0.2, -0.15) is 5.26 Å². The lowest BCUT2D eigenvalue weighted by atomic mass is 10.1. The van der Waals surface area contributed by atoms with Crippen LogP contribution in [0.15, 0.2) is 21.9 Å². The summed E-state index contributed by atoms with van der Waals surface area (Å²) in [5.41, 5.74) is -0.760. The van der Waals surface area contributed by atoms with Crippen LogP contribution in [0.1, 0.15) is 32.4 Å². The molecule has 1 aromatic heterocycles. The van der Waals surface area contributed by atoms with Gasteiger partial charge < -0.3 is 13.8 Å². The summed E-state index contributed by atoms with van der Waals surface area (Å²) in [6.07, 6.45) is 2.22. The summed E-state index contributed by atoms with van der Waals surface area (Å²) in [4.78, 5) is 23.7. The van der Waals surface area contributed by atoms with Crippen LogP contribution in [-0.2, 0) is 20.8 Å². The van der Waals surface area contributed by atoms with Gasteiger partial charge in [-0.25, -0.2) is 4.79 Å². The quantitative estimate of drug-likeness (QED) is 0.543. The highest BCUT2D eigenvalue weighted by molar-refractivity contribution is 7.46. The van der Waals surface area contributed by atoms with E-state index in [0.29, 0.717) is 19.4 Å². The Labute approximate surface area is 141 Å². The van der Waals surface area contributed by atoms with Crippen molar-refractivity contribution in [3.05, 3.63) is 33.1 Å². The van der Waals surface area contributed by atoms with Gasteiger partial charge in [-0.3, -0.25) is 13.9 Å². The van der Waals surface area contributed by atoms with Gasteiger partial charge in [-0.1, -0.05) is 6.92 Å². The van der Waals surface area contributed by atoms with E-state index in [1.54, 1.807) is 0 Å². The van der Waals surface area contributed by atoms with Crippen molar-refractivity contribution in [3.8, 4) is 6.07 Å². The summed E-state index contributed by atoms with van der Waals surface area (Å²) < 4.78 is 19.8. The third kappa shape index (κ3) is 4.31. The summed E-state index contributed by atoms with van der Waals surface area (Å²) in [5, 5.41) is 8.53. The zero-order valence-electron chi connectivity index (χ0n) is 14.0. The average Bonchev–Trinajstić information content (AvgIpc) is 2.95. The molecule has 1 aliphatic rings. The van der Waals surface area contributed by atoms with Crippen molar-refractivity contribution in [1.29, 1.82) is 5.26 Å². The maximum atomic E-state index is 12.2. The topological polar surface area (TPSA) is 95.5 Å². The number of ether oxygens (including phenoxy) is 1. The van der Waals surface area contributed by atoms with Crippen molar-refractivity contribution >= 4 is 8.38 Å². The molecule has 1 aliphatic heterocycles. The van der Waals surface area contributed by atoms with Gasteiger partial charge in [0.1, 0.15) is 6.23 Å². The molecule has 9 heteroatoms. The minimum absolute atomic E-state index is 0.149. The highest BCUT2D eigenvalue weighted by Gasteiger charge is 2.37. The van der Waals surface area contributed by atoms with E-state index < -0.39 is 20.3 Å². The monoisotopic (exact) mass is 355 g/mol. The fraction of sp³-hybridized carbons (Fsp3) is 0.667. The summed E-state index contributed by atoms with van der Waals surface area (Å²) >= 11 is 0. The molecule has 0 N–H and O–H groups in total. The Bertz CT molecular complexity index is 710. The average molecular weight is 355 g/mol. The van der Waals surface area contributed by atoms with Gasteiger partial charge in [0.25, 0.3) is 5.56 Å². The molecule has 0 spiro atoms. The number of rotatable bonds is 7. The van der Waals surface area contributed by atoms with Gasteiger partial charge in [0, 0.05) is 32.4 Å². The maximum Gasteiger partial charge on any atom is 0.332 e. The van der Waals surface area contributed by atoms with Crippen molar-refractivity contribution in [2.24, 2.45) is 7.05 Å². The van der Waals surface area contributed by atoms with E-state index in [9.17, 15) is 9.59 Å². The Morgan fingerprint density at radius 2 is 2.25 bits per heavy atom.